The molecular weight excluding hydrogens is 1620 g/mol. The molecule has 23 N–H and O–H groups in total. The molecule has 8 amide bonds. The maximum absolute atomic E-state index is 16.7. The van der Waals surface area contributed by atoms with E-state index in [-0.39, 0.29) is 91.9 Å². The first-order chi connectivity index (χ1) is 57.2. The Morgan fingerprint density at radius 1 is 0.628 bits per heavy atom. The number of aliphatic hydroxyl groups is 6. The van der Waals surface area contributed by atoms with E-state index in [2.05, 4.69) is 42.5 Å². The number of phenolic OH excluding ortho intramolecular Hbond substituents is 3. The van der Waals surface area contributed by atoms with Crippen molar-refractivity contribution in [1.82, 2.24) is 42.5 Å². The predicted molar refractivity (Wildman–Crippen MR) is 427 cm³/mol. The van der Waals surface area contributed by atoms with Gasteiger partial charge in [0.2, 0.25) is 59.3 Å². The quantitative estimate of drug-likeness (QED) is 0.0673. The number of primary amides is 1. The van der Waals surface area contributed by atoms with Gasteiger partial charge >= 0.3 is 0 Å². The molecule has 4 saturated carbocycles. The molecule has 36 nitrogen and oxygen atoms in total. The summed E-state index contributed by atoms with van der Waals surface area (Å²) >= 11 is 14.7. The average molecular weight is 1730 g/mol. The number of ether oxygens (including phenoxy) is 8. The first-order valence-electron chi connectivity index (χ1n) is 40.4. The Hall–Kier alpha value is -9.32. The zero-order valence-electron chi connectivity index (χ0n) is 67.1. The Labute approximate surface area is 704 Å². The number of rotatable bonds is 16. The third-order valence-electron chi connectivity index (χ3n) is 24.7. The van der Waals surface area contributed by atoms with Crippen LogP contribution in [0.4, 0.5) is 0 Å². The van der Waals surface area contributed by atoms with Crippen molar-refractivity contribution in [2.24, 2.45) is 46.8 Å². The van der Waals surface area contributed by atoms with E-state index in [9.17, 15) is 55.5 Å². The van der Waals surface area contributed by atoms with Crippen molar-refractivity contribution in [1.29, 1.82) is 0 Å². The molecule has 5 aromatic rings. The van der Waals surface area contributed by atoms with Gasteiger partial charge in [-0.3, -0.25) is 38.4 Å². The standard InChI is InChI=1S/C83H103Cl2N11O25/c1-31(2)14-47(89-7)74(107)95-64-66(102)37-9-12-51(45(84)21-37)116-53-23-41-24-54(70(53)121-81-71(68(104)67(103)55(30-97)118-81)120-58-29-83(6,88)73(106)33(4)115-58)117-52-13-10-38(22-46(52)85)69(119-57-28-82(5,87)72(105)32(3)114-57)65-80(113)94-63(78(111)91-60-39-16-34-15-35(18-39)19-40(60)17-34)44-25-42(98)26-50(100)59(44)43-20-36(8-11-49(43)99)61(76(109)96-65)93-77(110)62(41)92-75(108)48(27-56(86)101)90-79(64)112/h8-13,20-26,31-35,39-40,47-48,55,57-58,60-69,71-73,81,89,97-100,102-106H,14-19,27-30,87-88H2,1-7H3,(H2,86,101)(H,90,112)(H,91,111)(H,92,108)(H,93,110)(H,94,113)(H,95,107)(H,96,109)/t32?,33?,34?,35?,39?,40?,47-,48+,55?,57?,58?,60?,61-,62-,63+,64-,65-,66-,67?,68?,69-,71?,72?,73?,81?,82?,83?/m1/s1. The third-order valence-corrected chi connectivity index (χ3v) is 25.3. The molecule has 5 aromatic carbocycles. The molecule has 0 radical (unpaired) electrons. The van der Waals surface area contributed by atoms with Crippen LogP contribution in [0.5, 0.6) is 46.0 Å². The Kier molecular flexibility index (Phi) is 25.6. The highest BCUT2D eigenvalue weighted by Gasteiger charge is 2.54. The Bertz CT molecular complexity index is 4800. The zero-order valence-corrected chi connectivity index (χ0v) is 68.6. The summed E-state index contributed by atoms with van der Waals surface area (Å²) < 4.78 is 52.5. The summed E-state index contributed by atoms with van der Waals surface area (Å²) in [7, 11) is 1.49. The van der Waals surface area contributed by atoms with E-state index in [0.29, 0.717) is 11.8 Å². The lowest BCUT2D eigenvalue weighted by Crippen LogP contribution is -2.64. The molecule has 12 aliphatic rings. The average Bonchev–Trinajstić information content (AvgIpc) is 0.840. The number of hydrogen-bond donors (Lipinski definition) is 20. The van der Waals surface area contributed by atoms with Gasteiger partial charge in [-0.25, -0.2) is 0 Å². The smallest absolute Gasteiger partial charge is 0.248 e. The largest absolute Gasteiger partial charge is 0.508 e. The third kappa shape index (κ3) is 18.2. The number of nitrogens with one attached hydrogen (secondary N) is 8. The van der Waals surface area contributed by atoms with Crippen LogP contribution in [-0.4, -0.2) is 216 Å². The second-order valence-corrected chi connectivity index (χ2v) is 35.2. The maximum Gasteiger partial charge on any atom is 0.248 e. The van der Waals surface area contributed by atoms with E-state index in [1.807, 2.05) is 13.8 Å². The SMILES string of the molecule is CN[C@H](CC(C)C)C(=O)N[C@H]1C(=O)N[C@@H](CC(N)=O)C(=O)N[C@H]2C(=O)N[C@H]3C(=O)N[C@@H](C(=O)N[C@H](C(=O)NC4C5CC6CC(C5)CC4C6)c4cc(O)cc(O)c4-c4cc3ccc4O)[C@H](OC3CC(C)(N)C(O)C(C)O3)c3ccc(c(Cl)c3)Oc3cc2cc(c3OC2OC(CO)C(O)C(O)C2OC2CC(C)(N)C(O)C(C)O2)Oc2ccc(cc2Cl)[C@H]1O. The molecule has 38 heteroatoms. The lowest BCUT2D eigenvalue weighted by Gasteiger charge is -2.54. The number of amides is 8. The summed E-state index contributed by atoms with van der Waals surface area (Å²) in [5, 5.41) is 127. The van der Waals surface area contributed by atoms with Gasteiger partial charge < -0.3 is 144 Å². The van der Waals surface area contributed by atoms with E-state index in [1.165, 1.54) is 71.1 Å². The van der Waals surface area contributed by atoms with Gasteiger partial charge in [-0.1, -0.05) is 55.2 Å². The molecule has 22 atom stereocenters. The highest BCUT2D eigenvalue weighted by Crippen LogP contribution is 2.55. The van der Waals surface area contributed by atoms with Crippen LogP contribution >= 0.6 is 23.2 Å². The van der Waals surface area contributed by atoms with Crippen LogP contribution < -0.4 is 73.9 Å². The number of halogens is 2. The highest BCUT2D eigenvalue weighted by atomic mass is 35.5. The molecule has 17 rings (SSSR count). The molecule has 7 fully saturated rings. The Morgan fingerprint density at radius 3 is 1.78 bits per heavy atom. The first-order valence-corrected chi connectivity index (χ1v) is 41.1. The molecule has 4 aliphatic carbocycles. The molecule has 0 aromatic heterocycles. The van der Waals surface area contributed by atoms with Crippen LogP contribution in [0.25, 0.3) is 11.1 Å². The molecule has 8 aliphatic heterocycles. The highest BCUT2D eigenvalue weighted by molar-refractivity contribution is 6.32. The van der Waals surface area contributed by atoms with Gasteiger partial charge in [-0.05, 0) is 185 Å². The van der Waals surface area contributed by atoms with E-state index >= 15 is 28.8 Å². The van der Waals surface area contributed by atoms with E-state index in [1.54, 1.807) is 0 Å². The molecule has 121 heavy (non-hydrogen) atoms. The summed E-state index contributed by atoms with van der Waals surface area (Å²) in [5.41, 5.74) is 14.4. The number of nitrogens with two attached hydrogens (primary N) is 3. The molecule has 0 spiro atoms. The molecule has 15 bridgehead atoms. The summed E-state index contributed by atoms with van der Waals surface area (Å²) in [5.74, 6) is -13.2. The number of fused-ring (bicyclic) bond motifs is 15. The minimum atomic E-state index is -2.36. The van der Waals surface area contributed by atoms with Crippen molar-refractivity contribution >= 4 is 70.5 Å². The van der Waals surface area contributed by atoms with Crippen LogP contribution in [-0.2, 0) is 62.0 Å². The fourth-order valence-corrected chi connectivity index (χ4v) is 19.1. The second kappa shape index (κ2) is 35.1. The van der Waals surface area contributed by atoms with Gasteiger partial charge in [0.15, 0.2) is 30.2 Å². The van der Waals surface area contributed by atoms with Gasteiger partial charge in [0.25, 0.3) is 0 Å². The zero-order chi connectivity index (χ0) is 87.0. The van der Waals surface area contributed by atoms with Gasteiger partial charge in [0.1, 0.15) is 95.5 Å². The lowest BCUT2D eigenvalue weighted by atomic mass is 9.54. The van der Waals surface area contributed by atoms with E-state index < -0.39 is 240 Å². The minimum absolute atomic E-state index is 0.0427. The van der Waals surface area contributed by atoms with Crippen LogP contribution in [0.3, 0.4) is 0 Å². The molecule has 654 valence electrons. The topological polar surface area (TPSA) is 567 Å². The molecule has 8 heterocycles. The van der Waals surface area contributed by atoms with Crippen molar-refractivity contribution in [3.8, 4) is 57.1 Å². The second-order valence-electron chi connectivity index (χ2n) is 34.4. The van der Waals surface area contributed by atoms with Crippen LogP contribution in [0, 0.1) is 29.6 Å². The molecule has 3 saturated heterocycles. The number of aromatic hydroxyl groups is 3. The summed E-state index contributed by atoms with van der Waals surface area (Å²) in [6, 6.07) is 0.765. The van der Waals surface area contributed by atoms with Gasteiger partial charge in [0.05, 0.1) is 53.5 Å². The number of likely N-dealkylation sites (N-methyl/N-ethyl adjacent to an activating group) is 1. The van der Waals surface area contributed by atoms with Gasteiger partial charge in [-0.2, -0.15) is 0 Å². The normalized spacial score (nSPS) is 34.9. The number of carbonyl (C=O) groups is 8. The summed E-state index contributed by atoms with van der Waals surface area (Å²) in [4.78, 5) is 124. The Balaban J connectivity index is 0.999. The van der Waals surface area contributed by atoms with E-state index in [0.717, 1.165) is 74.6 Å². The Morgan fingerprint density at radius 2 is 1.20 bits per heavy atom. The summed E-state index contributed by atoms with van der Waals surface area (Å²) in [6.45, 7) is 8.75. The number of benzene rings is 5. The fraction of sp³-hybridized carbons (Fsp3) is 0.542. The van der Waals surface area contributed by atoms with Crippen molar-refractivity contribution in [3.63, 3.8) is 0 Å². The predicted octanol–water partition coefficient (Wildman–Crippen LogP) is 2.20. The van der Waals surface area contributed by atoms with Crippen LogP contribution in [0.15, 0.2) is 78.9 Å². The summed E-state index contributed by atoms with van der Waals surface area (Å²) in [6.07, 6.45) is -18.2. The monoisotopic (exact) mass is 1720 g/mol. The lowest BCUT2D eigenvalue weighted by molar-refractivity contribution is -0.333. The van der Waals surface area contributed by atoms with Crippen LogP contribution in [0.1, 0.15) is 157 Å². The van der Waals surface area contributed by atoms with Crippen molar-refractivity contribution in [2.75, 3.05) is 13.7 Å². The van der Waals surface area contributed by atoms with Crippen molar-refractivity contribution in [2.45, 2.75) is 239 Å². The number of phenols is 3. The first kappa shape index (κ1) is 88.0. The van der Waals surface area contributed by atoms with Gasteiger partial charge in [-0.15, -0.1) is 0 Å². The maximum atomic E-state index is 16.7. The van der Waals surface area contributed by atoms with Gasteiger partial charge in [0, 0.05) is 47.2 Å². The van der Waals surface area contributed by atoms with Crippen molar-refractivity contribution < 1.29 is 122 Å². The fourth-order valence-electron chi connectivity index (χ4n) is 18.7. The number of hydrogen-bond acceptors (Lipinski definition) is 28. The van der Waals surface area contributed by atoms with Crippen molar-refractivity contribution in [3.05, 3.63) is 117 Å². The number of aliphatic hydroxyl groups excluding tert-OH is 6. The molecule has 13 unspecified atom stereocenters. The number of carbonyl (C=O) groups excluding carboxylic acids is 8. The van der Waals surface area contributed by atoms with E-state index in [4.69, 9.17) is 78.3 Å². The van der Waals surface area contributed by atoms with Crippen LogP contribution in [0.2, 0.25) is 10.0 Å². The molecular formula is C83H103Cl2N11O25. The minimum Gasteiger partial charge on any atom is -0.508 e.